The summed E-state index contributed by atoms with van der Waals surface area (Å²) in [6.07, 6.45) is 1.25. The van der Waals surface area contributed by atoms with Crippen LogP contribution in [-0.4, -0.2) is 58.5 Å². The highest BCUT2D eigenvalue weighted by Crippen LogP contribution is 2.12. The van der Waals surface area contributed by atoms with Crippen molar-refractivity contribution < 1.29 is 19.5 Å². The first-order valence-electron chi connectivity index (χ1n) is 5.99. The number of thiazole rings is 1. The number of hydrogen-bond acceptors (Lipinski definition) is 6. The van der Waals surface area contributed by atoms with Crippen LogP contribution in [0.2, 0.25) is 0 Å². The molecule has 1 fully saturated rings. The Morgan fingerprint density at radius 3 is 3.05 bits per heavy atom. The molecule has 0 spiro atoms. The summed E-state index contributed by atoms with van der Waals surface area (Å²) in [5.41, 5.74) is 0. The van der Waals surface area contributed by atoms with E-state index in [0.717, 1.165) is 0 Å². The number of anilines is 1. The van der Waals surface area contributed by atoms with Crippen LogP contribution in [-0.2, 0) is 14.4 Å². The summed E-state index contributed by atoms with van der Waals surface area (Å²) in [5, 5.41) is 16.2. The molecule has 2 rings (SSSR count). The molecule has 0 bridgehead atoms. The first-order valence-corrected chi connectivity index (χ1v) is 6.87. The number of nitrogens with zero attached hydrogens (tertiary/aromatic N) is 2. The highest BCUT2D eigenvalue weighted by atomic mass is 32.1. The molecule has 1 aliphatic heterocycles. The smallest absolute Gasteiger partial charge is 0.305 e. The van der Waals surface area contributed by atoms with Gasteiger partial charge in [0.25, 0.3) is 0 Å². The fraction of sp³-hybridized carbons (Fsp3) is 0.455. The Morgan fingerprint density at radius 1 is 1.60 bits per heavy atom. The SMILES string of the molecule is O=C(O)CC1C(=O)NCCN1CC(=O)Nc1nccs1. The van der Waals surface area contributed by atoms with Gasteiger partial charge >= 0.3 is 5.97 Å². The average molecular weight is 298 g/mol. The molecule has 1 atom stereocenters. The number of nitrogens with one attached hydrogen (secondary N) is 2. The molecular formula is C11H14N4O4S. The van der Waals surface area contributed by atoms with Crippen LogP contribution in [0.4, 0.5) is 5.13 Å². The lowest BCUT2D eigenvalue weighted by atomic mass is 10.1. The van der Waals surface area contributed by atoms with Crippen molar-refractivity contribution >= 4 is 34.3 Å². The van der Waals surface area contributed by atoms with E-state index in [-0.39, 0.29) is 24.8 Å². The van der Waals surface area contributed by atoms with Gasteiger partial charge in [-0.1, -0.05) is 0 Å². The first kappa shape index (κ1) is 14.4. The second kappa shape index (κ2) is 6.44. The summed E-state index contributed by atoms with van der Waals surface area (Å²) < 4.78 is 0. The highest BCUT2D eigenvalue weighted by molar-refractivity contribution is 7.13. The van der Waals surface area contributed by atoms with E-state index in [9.17, 15) is 14.4 Å². The Labute approximate surface area is 118 Å². The van der Waals surface area contributed by atoms with Crippen molar-refractivity contribution in [1.82, 2.24) is 15.2 Å². The Bertz CT molecular complexity index is 505. The molecule has 0 aromatic carbocycles. The molecule has 1 aliphatic rings. The third kappa shape index (κ3) is 3.75. The number of amides is 2. The number of carbonyl (C=O) groups excluding carboxylic acids is 2. The van der Waals surface area contributed by atoms with Crippen molar-refractivity contribution in [3.8, 4) is 0 Å². The van der Waals surface area contributed by atoms with Crippen molar-refractivity contribution in [2.24, 2.45) is 0 Å². The van der Waals surface area contributed by atoms with Gasteiger partial charge < -0.3 is 15.7 Å². The minimum atomic E-state index is -1.07. The van der Waals surface area contributed by atoms with Gasteiger partial charge in [-0.25, -0.2) is 4.98 Å². The predicted molar refractivity (Wildman–Crippen MR) is 71.4 cm³/mol. The lowest BCUT2D eigenvalue weighted by Gasteiger charge is -2.33. The summed E-state index contributed by atoms with van der Waals surface area (Å²) in [5.74, 6) is -1.75. The van der Waals surface area contributed by atoms with Gasteiger partial charge in [0.05, 0.1) is 13.0 Å². The third-order valence-electron chi connectivity index (χ3n) is 2.84. The van der Waals surface area contributed by atoms with Crippen LogP contribution < -0.4 is 10.6 Å². The molecule has 1 aromatic rings. The molecule has 2 amide bonds. The molecule has 9 heteroatoms. The number of rotatable bonds is 5. The summed E-state index contributed by atoms with van der Waals surface area (Å²) in [6, 6.07) is -0.816. The van der Waals surface area contributed by atoms with Crippen molar-refractivity contribution in [3.63, 3.8) is 0 Å². The summed E-state index contributed by atoms with van der Waals surface area (Å²) in [6.45, 7) is 0.805. The standard InChI is InChI=1S/C11H14N4O4S/c16-8(14-11-13-2-4-20-11)6-15-3-1-12-10(19)7(15)5-9(17)18/h2,4,7H,1,3,5-6H2,(H,12,19)(H,17,18)(H,13,14,16). The normalized spacial score (nSPS) is 19.4. The number of aliphatic carboxylic acids is 1. The molecule has 1 aromatic heterocycles. The number of hydrogen-bond donors (Lipinski definition) is 3. The maximum Gasteiger partial charge on any atom is 0.305 e. The largest absolute Gasteiger partial charge is 0.481 e. The van der Waals surface area contributed by atoms with Crippen molar-refractivity contribution in [1.29, 1.82) is 0 Å². The van der Waals surface area contributed by atoms with E-state index < -0.39 is 12.0 Å². The topological polar surface area (TPSA) is 112 Å². The Morgan fingerprint density at radius 2 is 2.40 bits per heavy atom. The van der Waals surface area contributed by atoms with E-state index in [2.05, 4.69) is 15.6 Å². The molecule has 0 aliphatic carbocycles. The van der Waals surface area contributed by atoms with E-state index in [4.69, 9.17) is 5.11 Å². The van der Waals surface area contributed by atoms with Gasteiger partial charge in [0, 0.05) is 24.7 Å². The van der Waals surface area contributed by atoms with Gasteiger partial charge in [-0.15, -0.1) is 11.3 Å². The molecule has 108 valence electrons. The Hall–Kier alpha value is -2.00. The zero-order chi connectivity index (χ0) is 14.5. The van der Waals surface area contributed by atoms with E-state index in [0.29, 0.717) is 18.2 Å². The lowest BCUT2D eigenvalue weighted by molar-refractivity contribution is -0.143. The van der Waals surface area contributed by atoms with E-state index >= 15 is 0 Å². The molecule has 0 saturated carbocycles. The fourth-order valence-electron chi connectivity index (χ4n) is 1.97. The van der Waals surface area contributed by atoms with Crippen LogP contribution in [0.5, 0.6) is 0 Å². The number of carboxylic acid groups (broad SMARTS) is 1. The quantitative estimate of drug-likeness (QED) is 0.666. The van der Waals surface area contributed by atoms with Crippen LogP contribution in [0.25, 0.3) is 0 Å². The van der Waals surface area contributed by atoms with E-state index in [1.54, 1.807) is 16.5 Å². The molecule has 8 nitrogen and oxygen atoms in total. The fourth-order valence-corrected chi connectivity index (χ4v) is 2.51. The number of aromatic nitrogens is 1. The Kier molecular flexibility index (Phi) is 4.64. The summed E-state index contributed by atoms with van der Waals surface area (Å²) >= 11 is 1.29. The Balaban J connectivity index is 1.96. The first-order chi connectivity index (χ1) is 9.56. The number of carboxylic acids is 1. The van der Waals surface area contributed by atoms with Crippen LogP contribution in [0, 0.1) is 0 Å². The molecule has 1 unspecified atom stereocenters. The summed E-state index contributed by atoms with van der Waals surface area (Å²) in [7, 11) is 0. The molecule has 20 heavy (non-hydrogen) atoms. The molecule has 1 saturated heterocycles. The average Bonchev–Trinajstić information content (AvgIpc) is 2.86. The lowest BCUT2D eigenvalue weighted by Crippen LogP contribution is -2.57. The van der Waals surface area contributed by atoms with Gasteiger partial charge in [0.15, 0.2) is 5.13 Å². The zero-order valence-electron chi connectivity index (χ0n) is 10.5. The highest BCUT2D eigenvalue weighted by Gasteiger charge is 2.32. The van der Waals surface area contributed by atoms with Crippen LogP contribution in [0.15, 0.2) is 11.6 Å². The van der Waals surface area contributed by atoms with Gasteiger partial charge in [-0.3, -0.25) is 19.3 Å². The second-order valence-corrected chi connectivity index (χ2v) is 5.16. The zero-order valence-corrected chi connectivity index (χ0v) is 11.4. The molecule has 3 N–H and O–H groups in total. The minimum Gasteiger partial charge on any atom is -0.481 e. The van der Waals surface area contributed by atoms with Gasteiger partial charge in [0.2, 0.25) is 11.8 Å². The number of carbonyl (C=O) groups is 3. The third-order valence-corrected chi connectivity index (χ3v) is 3.52. The predicted octanol–water partition coefficient (Wildman–Crippen LogP) is -0.643. The van der Waals surface area contributed by atoms with Crippen LogP contribution in [0.1, 0.15) is 6.42 Å². The molecule has 2 heterocycles. The maximum atomic E-state index is 11.9. The maximum absolute atomic E-state index is 11.9. The minimum absolute atomic E-state index is 0.0368. The van der Waals surface area contributed by atoms with Crippen LogP contribution in [0.3, 0.4) is 0 Å². The second-order valence-electron chi connectivity index (χ2n) is 4.26. The van der Waals surface area contributed by atoms with Crippen molar-refractivity contribution in [2.45, 2.75) is 12.5 Å². The number of piperazine rings is 1. The van der Waals surface area contributed by atoms with E-state index in [1.807, 2.05) is 0 Å². The molecule has 0 radical (unpaired) electrons. The van der Waals surface area contributed by atoms with Gasteiger partial charge in [-0.2, -0.15) is 0 Å². The summed E-state index contributed by atoms with van der Waals surface area (Å²) in [4.78, 5) is 39.8. The van der Waals surface area contributed by atoms with Crippen molar-refractivity contribution in [2.75, 3.05) is 25.0 Å². The van der Waals surface area contributed by atoms with Gasteiger partial charge in [-0.05, 0) is 0 Å². The monoisotopic (exact) mass is 298 g/mol. The van der Waals surface area contributed by atoms with Crippen molar-refractivity contribution in [3.05, 3.63) is 11.6 Å². The molecular weight excluding hydrogens is 284 g/mol. The van der Waals surface area contributed by atoms with Crippen LogP contribution >= 0.6 is 11.3 Å². The van der Waals surface area contributed by atoms with E-state index in [1.165, 1.54) is 11.3 Å². The van der Waals surface area contributed by atoms with Gasteiger partial charge in [0.1, 0.15) is 6.04 Å².